The fourth-order valence-electron chi connectivity index (χ4n) is 1.14. The molecule has 1 aromatic carbocycles. The molecule has 0 heterocycles. The Labute approximate surface area is 90.4 Å². The van der Waals surface area contributed by atoms with E-state index in [0.29, 0.717) is 12.3 Å². The summed E-state index contributed by atoms with van der Waals surface area (Å²) in [7, 11) is 0. The van der Waals surface area contributed by atoms with Gasteiger partial charge in [-0.25, -0.2) is 4.79 Å². The number of rotatable bonds is 5. The number of amides is 1. The van der Waals surface area contributed by atoms with Gasteiger partial charge in [0.25, 0.3) is 0 Å². The van der Waals surface area contributed by atoms with E-state index in [4.69, 9.17) is 4.74 Å². The molecule has 0 fully saturated rings. The molecule has 3 heteroatoms. The van der Waals surface area contributed by atoms with Gasteiger partial charge in [-0.2, -0.15) is 0 Å². The molecule has 0 spiro atoms. The van der Waals surface area contributed by atoms with Gasteiger partial charge in [0.05, 0.1) is 0 Å². The lowest BCUT2D eigenvalue weighted by Gasteiger charge is -2.05. The van der Waals surface area contributed by atoms with Crippen molar-refractivity contribution in [3.05, 3.63) is 30.3 Å². The third kappa shape index (κ3) is 5.05. The van der Waals surface area contributed by atoms with Crippen LogP contribution in [0.1, 0.15) is 26.2 Å². The van der Waals surface area contributed by atoms with E-state index in [1.165, 1.54) is 0 Å². The summed E-state index contributed by atoms with van der Waals surface area (Å²) in [5, 5.41) is 2.68. The number of ether oxygens (including phenoxy) is 1. The van der Waals surface area contributed by atoms with E-state index in [0.717, 1.165) is 19.3 Å². The Morgan fingerprint density at radius 2 is 2.33 bits per heavy atom. The van der Waals surface area contributed by atoms with E-state index in [1.54, 1.807) is 18.2 Å². The van der Waals surface area contributed by atoms with Gasteiger partial charge in [-0.15, -0.1) is 0 Å². The van der Waals surface area contributed by atoms with E-state index in [1.807, 2.05) is 6.07 Å². The molecule has 0 aromatic heterocycles. The molecule has 81 valence electrons. The van der Waals surface area contributed by atoms with Crippen LogP contribution in [0.3, 0.4) is 0 Å². The highest BCUT2D eigenvalue weighted by atomic mass is 16.5. The van der Waals surface area contributed by atoms with Crippen LogP contribution in [-0.2, 0) is 0 Å². The van der Waals surface area contributed by atoms with Crippen LogP contribution in [0.4, 0.5) is 4.79 Å². The van der Waals surface area contributed by atoms with Crippen LogP contribution >= 0.6 is 0 Å². The lowest BCUT2D eigenvalue weighted by atomic mass is 10.2. The number of carbonyl (C=O) groups is 1. The van der Waals surface area contributed by atoms with Crippen molar-refractivity contribution in [3.63, 3.8) is 0 Å². The van der Waals surface area contributed by atoms with Crippen molar-refractivity contribution < 1.29 is 9.53 Å². The molecule has 0 aliphatic rings. The summed E-state index contributed by atoms with van der Waals surface area (Å²) in [6.45, 7) is 2.79. The van der Waals surface area contributed by atoms with Gasteiger partial charge in [-0.3, -0.25) is 0 Å². The minimum atomic E-state index is -0.409. The zero-order chi connectivity index (χ0) is 10.9. The normalized spacial score (nSPS) is 9.67. The number of hydrogen-bond donors (Lipinski definition) is 1. The maximum Gasteiger partial charge on any atom is 0.412 e. The first-order valence-corrected chi connectivity index (χ1v) is 5.25. The summed E-state index contributed by atoms with van der Waals surface area (Å²) in [5.74, 6) is 0.450. The Hall–Kier alpha value is -1.51. The average molecular weight is 206 g/mol. The fourth-order valence-corrected chi connectivity index (χ4v) is 1.14. The van der Waals surface area contributed by atoms with Crippen molar-refractivity contribution in [1.29, 1.82) is 0 Å². The van der Waals surface area contributed by atoms with Gasteiger partial charge in [0, 0.05) is 12.6 Å². The van der Waals surface area contributed by atoms with Crippen LogP contribution in [0.15, 0.2) is 24.3 Å². The van der Waals surface area contributed by atoms with Crippen LogP contribution < -0.4 is 10.1 Å². The lowest BCUT2D eigenvalue weighted by Crippen LogP contribution is -2.27. The lowest BCUT2D eigenvalue weighted by molar-refractivity contribution is 0.200. The molecule has 1 radical (unpaired) electrons. The minimum absolute atomic E-state index is 0.409. The molecule has 0 aliphatic heterocycles. The molecule has 0 saturated carbocycles. The largest absolute Gasteiger partial charge is 0.412 e. The zero-order valence-corrected chi connectivity index (χ0v) is 8.95. The Morgan fingerprint density at radius 1 is 1.47 bits per heavy atom. The van der Waals surface area contributed by atoms with Gasteiger partial charge in [0.2, 0.25) is 0 Å². The maximum atomic E-state index is 11.2. The van der Waals surface area contributed by atoms with Crippen molar-refractivity contribution in [3.8, 4) is 5.75 Å². The van der Waals surface area contributed by atoms with Crippen molar-refractivity contribution in [2.24, 2.45) is 0 Å². The van der Waals surface area contributed by atoms with Crippen molar-refractivity contribution in [2.75, 3.05) is 6.54 Å². The highest BCUT2D eigenvalue weighted by Crippen LogP contribution is 2.06. The standard InChI is InChI=1S/C12H16NO2/c1-2-3-7-10-13-12(14)15-11-8-5-4-6-9-11/h4-6,8H,2-3,7,10H2,1H3,(H,13,14). The SMILES string of the molecule is CCCCCNC(=O)Oc1[c]cccc1. The summed E-state index contributed by atoms with van der Waals surface area (Å²) >= 11 is 0. The first kappa shape index (κ1) is 11.6. The molecule has 0 aliphatic carbocycles. The van der Waals surface area contributed by atoms with E-state index in [9.17, 15) is 4.79 Å². The van der Waals surface area contributed by atoms with Crippen LogP contribution in [0.25, 0.3) is 0 Å². The summed E-state index contributed by atoms with van der Waals surface area (Å²) in [6.07, 6.45) is 2.85. The Kier molecular flexibility index (Phi) is 5.30. The second-order valence-corrected chi connectivity index (χ2v) is 3.25. The zero-order valence-electron chi connectivity index (χ0n) is 8.95. The highest BCUT2D eigenvalue weighted by Gasteiger charge is 2.01. The van der Waals surface area contributed by atoms with Crippen LogP contribution in [0, 0.1) is 6.07 Å². The first-order chi connectivity index (χ1) is 7.33. The summed E-state index contributed by atoms with van der Waals surface area (Å²) in [6, 6.07) is 9.85. The van der Waals surface area contributed by atoms with E-state index >= 15 is 0 Å². The molecule has 1 N–H and O–H groups in total. The number of unbranched alkanes of at least 4 members (excludes halogenated alkanes) is 2. The van der Waals surface area contributed by atoms with Gasteiger partial charge in [0.15, 0.2) is 0 Å². The molecule has 15 heavy (non-hydrogen) atoms. The summed E-state index contributed by atoms with van der Waals surface area (Å²) in [5.41, 5.74) is 0. The molecule has 0 bridgehead atoms. The van der Waals surface area contributed by atoms with Gasteiger partial charge in [-0.1, -0.05) is 38.0 Å². The fraction of sp³-hybridized carbons (Fsp3) is 0.417. The third-order valence-corrected chi connectivity index (χ3v) is 1.93. The van der Waals surface area contributed by atoms with Gasteiger partial charge in [-0.05, 0) is 12.5 Å². The smallest absolute Gasteiger partial charge is 0.410 e. The molecule has 3 nitrogen and oxygen atoms in total. The second kappa shape index (κ2) is 6.87. The number of benzene rings is 1. The first-order valence-electron chi connectivity index (χ1n) is 5.25. The monoisotopic (exact) mass is 206 g/mol. The van der Waals surface area contributed by atoms with Gasteiger partial charge in [0.1, 0.15) is 5.75 Å². The van der Waals surface area contributed by atoms with Crippen LogP contribution in [0.5, 0.6) is 5.75 Å². The summed E-state index contributed by atoms with van der Waals surface area (Å²) < 4.78 is 4.99. The molecule has 1 amide bonds. The number of carbonyl (C=O) groups excluding carboxylic acids is 1. The van der Waals surface area contributed by atoms with Crippen LogP contribution in [0.2, 0.25) is 0 Å². The second-order valence-electron chi connectivity index (χ2n) is 3.25. The van der Waals surface area contributed by atoms with Crippen molar-refractivity contribution >= 4 is 6.09 Å². The molecular formula is C12H16NO2. The van der Waals surface area contributed by atoms with Crippen LogP contribution in [-0.4, -0.2) is 12.6 Å². The summed E-state index contributed by atoms with van der Waals surface area (Å²) in [4.78, 5) is 11.2. The molecule has 0 unspecified atom stereocenters. The Balaban J connectivity index is 2.19. The third-order valence-electron chi connectivity index (χ3n) is 1.93. The Bertz CT molecular complexity index is 285. The van der Waals surface area contributed by atoms with Gasteiger partial charge >= 0.3 is 6.09 Å². The Morgan fingerprint density at radius 3 is 3.00 bits per heavy atom. The molecule has 1 aromatic rings. The molecule has 1 rings (SSSR count). The van der Waals surface area contributed by atoms with Gasteiger partial charge < -0.3 is 10.1 Å². The maximum absolute atomic E-state index is 11.2. The quantitative estimate of drug-likeness (QED) is 0.752. The molecular weight excluding hydrogens is 190 g/mol. The molecule has 0 atom stereocenters. The van der Waals surface area contributed by atoms with E-state index in [-0.39, 0.29) is 0 Å². The number of para-hydroxylation sites is 1. The van der Waals surface area contributed by atoms with Crippen molar-refractivity contribution in [1.82, 2.24) is 5.32 Å². The highest BCUT2D eigenvalue weighted by molar-refractivity contribution is 5.70. The van der Waals surface area contributed by atoms with E-state index in [2.05, 4.69) is 18.3 Å². The molecule has 0 saturated heterocycles. The van der Waals surface area contributed by atoms with E-state index < -0.39 is 6.09 Å². The number of hydrogen-bond acceptors (Lipinski definition) is 2. The van der Waals surface area contributed by atoms with Crippen molar-refractivity contribution in [2.45, 2.75) is 26.2 Å². The minimum Gasteiger partial charge on any atom is -0.410 e. The number of nitrogens with one attached hydrogen (secondary N) is 1. The average Bonchev–Trinajstić information content (AvgIpc) is 2.26. The predicted octanol–water partition coefficient (Wildman–Crippen LogP) is 2.77. The predicted molar refractivity (Wildman–Crippen MR) is 58.8 cm³/mol. The topological polar surface area (TPSA) is 38.3 Å².